The highest BCUT2D eigenvalue weighted by molar-refractivity contribution is 5.44. The molecule has 0 fully saturated rings. The van der Waals surface area contributed by atoms with E-state index >= 15 is 0 Å². The van der Waals surface area contributed by atoms with E-state index in [1.165, 1.54) is 6.07 Å². The van der Waals surface area contributed by atoms with Crippen LogP contribution in [0.1, 0.15) is 12.5 Å². The topological polar surface area (TPSA) is 18.5 Å². The van der Waals surface area contributed by atoms with E-state index < -0.39 is 11.7 Å². The van der Waals surface area contributed by atoms with Crippen molar-refractivity contribution in [1.82, 2.24) is 0 Å². The minimum absolute atomic E-state index is 0.156. The van der Waals surface area contributed by atoms with Crippen molar-refractivity contribution in [3.8, 4) is 11.5 Å². The fraction of sp³-hybridized carbons (Fsp3) is 0.400. The minimum atomic E-state index is -4.35. The molecule has 5 heteroatoms. The van der Waals surface area contributed by atoms with Crippen LogP contribution in [0, 0.1) is 0 Å². The van der Waals surface area contributed by atoms with E-state index in [2.05, 4.69) is 0 Å². The second kappa shape index (κ2) is 3.32. The van der Waals surface area contributed by atoms with Gasteiger partial charge in [-0.05, 0) is 25.1 Å². The lowest BCUT2D eigenvalue weighted by Gasteiger charge is -2.24. The van der Waals surface area contributed by atoms with E-state index in [9.17, 15) is 13.2 Å². The summed E-state index contributed by atoms with van der Waals surface area (Å²) in [5.74, 6) is 0.518. The van der Waals surface area contributed by atoms with Gasteiger partial charge >= 0.3 is 6.18 Å². The van der Waals surface area contributed by atoms with E-state index in [0.29, 0.717) is 12.4 Å². The van der Waals surface area contributed by atoms with Gasteiger partial charge in [0.05, 0.1) is 5.56 Å². The predicted octanol–water partition coefficient (Wildman–Crippen LogP) is 2.87. The van der Waals surface area contributed by atoms with E-state index in [1.807, 2.05) is 0 Å². The highest BCUT2D eigenvalue weighted by Gasteiger charge is 2.32. The summed E-state index contributed by atoms with van der Waals surface area (Å²) in [6, 6.07) is 3.23. The van der Waals surface area contributed by atoms with Crippen LogP contribution in [0.25, 0.3) is 0 Å². The summed E-state index contributed by atoms with van der Waals surface area (Å²) in [5.41, 5.74) is -0.723. The van der Waals surface area contributed by atoms with E-state index in [4.69, 9.17) is 9.47 Å². The number of hydrogen-bond acceptors (Lipinski definition) is 2. The fourth-order valence-electron chi connectivity index (χ4n) is 1.35. The summed E-state index contributed by atoms with van der Waals surface area (Å²) >= 11 is 0. The number of hydrogen-bond donors (Lipinski definition) is 0. The van der Waals surface area contributed by atoms with Gasteiger partial charge in [-0.1, -0.05) is 0 Å². The van der Waals surface area contributed by atoms with E-state index in [0.717, 1.165) is 12.1 Å². The summed E-state index contributed by atoms with van der Waals surface area (Å²) in [5, 5.41) is 0. The van der Waals surface area contributed by atoms with Crippen LogP contribution >= 0.6 is 0 Å². The van der Waals surface area contributed by atoms with Crippen LogP contribution in [-0.2, 0) is 6.18 Å². The number of alkyl halides is 3. The summed E-state index contributed by atoms with van der Waals surface area (Å²) in [6.07, 6.45) is -4.57. The first kappa shape index (κ1) is 10.1. The molecule has 0 radical (unpaired) electrons. The molecule has 0 aliphatic carbocycles. The quantitative estimate of drug-likeness (QED) is 0.666. The van der Waals surface area contributed by atoms with Gasteiger partial charge in [-0.15, -0.1) is 0 Å². The van der Waals surface area contributed by atoms with Gasteiger partial charge in [-0.25, -0.2) is 0 Å². The third-order valence-corrected chi connectivity index (χ3v) is 2.07. The Bertz CT molecular complexity index is 373. The average Bonchev–Trinajstić information content (AvgIpc) is 2.15. The van der Waals surface area contributed by atoms with Crippen molar-refractivity contribution in [3.63, 3.8) is 0 Å². The van der Waals surface area contributed by atoms with Crippen LogP contribution in [0.2, 0.25) is 0 Å². The Balaban J connectivity index is 2.37. The molecule has 1 aliphatic rings. The number of benzene rings is 1. The van der Waals surface area contributed by atoms with Crippen molar-refractivity contribution in [3.05, 3.63) is 23.8 Å². The first-order valence-electron chi connectivity index (χ1n) is 4.47. The summed E-state index contributed by atoms with van der Waals surface area (Å²) in [4.78, 5) is 0. The van der Waals surface area contributed by atoms with Gasteiger partial charge in [0.25, 0.3) is 0 Å². The molecule has 0 bridgehead atoms. The second-order valence-electron chi connectivity index (χ2n) is 3.40. The van der Waals surface area contributed by atoms with E-state index in [-0.39, 0.29) is 11.9 Å². The van der Waals surface area contributed by atoms with Crippen molar-refractivity contribution in [2.75, 3.05) is 6.61 Å². The zero-order valence-corrected chi connectivity index (χ0v) is 7.97. The highest BCUT2D eigenvalue weighted by Crippen LogP contribution is 2.38. The minimum Gasteiger partial charge on any atom is -0.486 e. The summed E-state index contributed by atoms with van der Waals surface area (Å²) in [7, 11) is 0. The molecule has 0 amide bonds. The Morgan fingerprint density at radius 1 is 1.27 bits per heavy atom. The van der Waals surface area contributed by atoms with Crippen LogP contribution in [0.4, 0.5) is 13.2 Å². The van der Waals surface area contributed by atoms with Crippen LogP contribution in [0.5, 0.6) is 11.5 Å². The maximum Gasteiger partial charge on any atom is 0.416 e. The molecule has 82 valence electrons. The normalized spacial score (nSPS) is 20.1. The molecule has 1 atom stereocenters. The number of ether oxygens (including phenoxy) is 2. The first-order valence-corrected chi connectivity index (χ1v) is 4.47. The Labute approximate surface area is 84.6 Å². The largest absolute Gasteiger partial charge is 0.486 e. The molecule has 1 heterocycles. The third-order valence-electron chi connectivity index (χ3n) is 2.07. The monoisotopic (exact) mass is 218 g/mol. The average molecular weight is 218 g/mol. The molecule has 0 N–H and O–H groups in total. The van der Waals surface area contributed by atoms with Gasteiger partial charge in [0.1, 0.15) is 12.7 Å². The van der Waals surface area contributed by atoms with Gasteiger partial charge in [0.2, 0.25) is 0 Å². The molecular formula is C10H9F3O2. The summed E-state index contributed by atoms with van der Waals surface area (Å²) < 4.78 is 47.5. The van der Waals surface area contributed by atoms with Crippen LogP contribution in [0.3, 0.4) is 0 Å². The Hall–Kier alpha value is -1.39. The molecule has 0 spiro atoms. The van der Waals surface area contributed by atoms with Crippen molar-refractivity contribution < 1.29 is 22.6 Å². The van der Waals surface area contributed by atoms with Crippen molar-refractivity contribution in [2.45, 2.75) is 19.2 Å². The molecule has 1 unspecified atom stereocenters. The lowest BCUT2D eigenvalue weighted by molar-refractivity contribution is -0.137. The lowest BCUT2D eigenvalue weighted by atomic mass is 10.2. The second-order valence-corrected chi connectivity index (χ2v) is 3.40. The van der Waals surface area contributed by atoms with Crippen molar-refractivity contribution >= 4 is 0 Å². The van der Waals surface area contributed by atoms with Gasteiger partial charge in [-0.2, -0.15) is 13.2 Å². The van der Waals surface area contributed by atoms with Gasteiger partial charge in [-0.3, -0.25) is 0 Å². The smallest absolute Gasteiger partial charge is 0.416 e. The SMILES string of the molecule is CC1COc2ccc(C(F)(F)F)cc2O1. The maximum atomic E-state index is 12.4. The number of halogens is 3. The zero-order chi connectivity index (χ0) is 11.1. The third kappa shape index (κ3) is 2.00. The van der Waals surface area contributed by atoms with Crippen LogP contribution in [0.15, 0.2) is 18.2 Å². The van der Waals surface area contributed by atoms with Crippen LogP contribution in [-0.4, -0.2) is 12.7 Å². The number of rotatable bonds is 0. The molecule has 1 aromatic rings. The standard InChI is InChI=1S/C10H9F3O2/c1-6-5-14-8-3-2-7(10(11,12)13)4-9(8)15-6/h2-4,6H,5H2,1H3. The first-order chi connectivity index (χ1) is 6.97. The van der Waals surface area contributed by atoms with Gasteiger partial charge in [0.15, 0.2) is 11.5 Å². The molecule has 0 aromatic heterocycles. The Kier molecular flexibility index (Phi) is 2.25. The fourth-order valence-corrected chi connectivity index (χ4v) is 1.35. The Morgan fingerprint density at radius 3 is 2.67 bits per heavy atom. The summed E-state index contributed by atoms with van der Waals surface area (Å²) in [6.45, 7) is 2.10. The molecule has 0 saturated carbocycles. The van der Waals surface area contributed by atoms with Crippen molar-refractivity contribution in [2.24, 2.45) is 0 Å². The molecule has 0 saturated heterocycles. The van der Waals surface area contributed by atoms with Crippen molar-refractivity contribution in [1.29, 1.82) is 0 Å². The maximum absolute atomic E-state index is 12.4. The molecule has 1 aliphatic heterocycles. The van der Waals surface area contributed by atoms with Crippen LogP contribution < -0.4 is 9.47 Å². The molecule has 1 aromatic carbocycles. The van der Waals surface area contributed by atoms with Gasteiger partial charge in [0, 0.05) is 0 Å². The predicted molar refractivity (Wildman–Crippen MR) is 47.0 cm³/mol. The van der Waals surface area contributed by atoms with Gasteiger partial charge < -0.3 is 9.47 Å². The number of fused-ring (bicyclic) bond motifs is 1. The lowest BCUT2D eigenvalue weighted by Crippen LogP contribution is -2.26. The Morgan fingerprint density at radius 2 is 2.00 bits per heavy atom. The molecule has 2 rings (SSSR count). The molecular weight excluding hydrogens is 209 g/mol. The highest BCUT2D eigenvalue weighted by atomic mass is 19.4. The zero-order valence-electron chi connectivity index (χ0n) is 7.97. The molecule has 2 nitrogen and oxygen atoms in total. The molecule has 15 heavy (non-hydrogen) atoms. The van der Waals surface area contributed by atoms with E-state index in [1.54, 1.807) is 6.92 Å².